The van der Waals surface area contributed by atoms with E-state index in [0.29, 0.717) is 22.0 Å². The predicted molar refractivity (Wildman–Crippen MR) is 92.5 cm³/mol. The van der Waals surface area contributed by atoms with Gasteiger partial charge in [-0.2, -0.15) is 0 Å². The summed E-state index contributed by atoms with van der Waals surface area (Å²) in [5.41, 5.74) is 7.39. The number of nitrogens with zero attached hydrogens (tertiary/aromatic N) is 1. The normalized spacial score (nSPS) is 12.0. The molecular weight excluding hydrogens is 326 g/mol. The van der Waals surface area contributed by atoms with E-state index in [4.69, 9.17) is 10.2 Å². The van der Waals surface area contributed by atoms with Crippen molar-refractivity contribution in [3.63, 3.8) is 0 Å². The number of anilines is 1. The number of amides is 2. The minimum Gasteiger partial charge on any atom is -0.431 e. The van der Waals surface area contributed by atoms with E-state index >= 15 is 0 Å². The molecule has 0 saturated carbocycles. The van der Waals surface area contributed by atoms with Crippen LogP contribution in [0.3, 0.4) is 0 Å². The van der Waals surface area contributed by atoms with Gasteiger partial charge in [0, 0.05) is 12.1 Å². The molecule has 2 aromatic carbocycles. The molecule has 3 aromatic rings. The quantitative estimate of drug-likeness (QED) is 0.672. The average Bonchev–Trinajstić information content (AvgIpc) is 2.97. The average molecular weight is 341 g/mol. The van der Waals surface area contributed by atoms with E-state index in [2.05, 4.69) is 10.3 Å². The molecule has 0 aliphatic rings. The Balaban J connectivity index is 1.68. The van der Waals surface area contributed by atoms with Crippen LogP contribution >= 0.6 is 11.8 Å². The third-order valence-electron chi connectivity index (χ3n) is 3.26. The Kier molecular flexibility index (Phi) is 4.81. The van der Waals surface area contributed by atoms with Crippen molar-refractivity contribution < 1.29 is 14.0 Å². The van der Waals surface area contributed by atoms with Gasteiger partial charge in [0.1, 0.15) is 10.8 Å². The monoisotopic (exact) mass is 341 g/mol. The SMILES string of the molecule is NC(=O)C(CC(=O)Nc1ccccc1)Sc1nc2ccccc2o1. The molecule has 0 radical (unpaired) electrons. The number of rotatable bonds is 6. The summed E-state index contributed by atoms with van der Waals surface area (Å²) < 4.78 is 5.56. The maximum absolute atomic E-state index is 12.1. The van der Waals surface area contributed by atoms with Crippen molar-refractivity contribution in [2.45, 2.75) is 16.9 Å². The molecule has 7 heteroatoms. The molecule has 6 nitrogen and oxygen atoms in total. The zero-order valence-electron chi connectivity index (χ0n) is 12.6. The molecule has 1 unspecified atom stereocenters. The lowest BCUT2D eigenvalue weighted by atomic mass is 10.2. The molecule has 0 saturated heterocycles. The van der Waals surface area contributed by atoms with Crippen molar-refractivity contribution in [3.05, 3.63) is 54.6 Å². The van der Waals surface area contributed by atoms with Crippen LogP contribution in [0, 0.1) is 0 Å². The first-order valence-corrected chi connectivity index (χ1v) is 8.16. The second-order valence-electron chi connectivity index (χ2n) is 5.07. The minimum absolute atomic E-state index is 0.0619. The number of hydrogen-bond acceptors (Lipinski definition) is 5. The fraction of sp³-hybridized carbons (Fsp3) is 0.118. The molecule has 24 heavy (non-hydrogen) atoms. The van der Waals surface area contributed by atoms with Crippen LogP contribution < -0.4 is 11.1 Å². The third-order valence-corrected chi connectivity index (χ3v) is 4.32. The lowest BCUT2D eigenvalue weighted by molar-refractivity contribution is -0.121. The summed E-state index contributed by atoms with van der Waals surface area (Å²) in [6, 6.07) is 16.3. The maximum Gasteiger partial charge on any atom is 0.257 e. The van der Waals surface area contributed by atoms with Gasteiger partial charge in [-0.05, 0) is 24.3 Å². The van der Waals surface area contributed by atoms with E-state index in [1.54, 1.807) is 18.2 Å². The van der Waals surface area contributed by atoms with Crippen molar-refractivity contribution in [2.75, 3.05) is 5.32 Å². The van der Waals surface area contributed by atoms with Gasteiger partial charge in [0.25, 0.3) is 5.22 Å². The zero-order valence-corrected chi connectivity index (χ0v) is 13.5. The van der Waals surface area contributed by atoms with Crippen molar-refractivity contribution in [1.29, 1.82) is 0 Å². The standard InChI is InChI=1S/C17H15N3O3S/c18-16(22)14(10-15(21)19-11-6-2-1-3-7-11)24-17-20-12-8-4-5-9-13(12)23-17/h1-9,14H,10H2,(H2,18,22)(H,19,21). The lowest BCUT2D eigenvalue weighted by Gasteiger charge is -2.11. The van der Waals surface area contributed by atoms with Gasteiger partial charge in [-0.25, -0.2) is 4.98 Å². The van der Waals surface area contributed by atoms with Gasteiger partial charge in [-0.3, -0.25) is 9.59 Å². The van der Waals surface area contributed by atoms with Gasteiger partial charge in [0.05, 0.1) is 0 Å². The van der Waals surface area contributed by atoms with E-state index in [9.17, 15) is 9.59 Å². The molecule has 1 heterocycles. The highest BCUT2D eigenvalue weighted by molar-refractivity contribution is 8.00. The van der Waals surface area contributed by atoms with Crippen LogP contribution in [-0.2, 0) is 9.59 Å². The summed E-state index contributed by atoms with van der Waals surface area (Å²) in [7, 11) is 0. The molecule has 1 atom stereocenters. The number of carbonyl (C=O) groups is 2. The number of nitrogens with two attached hydrogens (primary N) is 1. The number of oxazole rings is 1. The van der Waals surface area contributed by atoms with Gasteiger partial charge in [0.15, 0.2) is 5.58 Å². The lowest BCUT2D eigenvalue weighted by Crippen LogP contribution is -2.30. The van der Waals surface area contributed by atoms with Crippen LogP contribution in [0.15, 0.2) is 64.2 Å². The maximum atomic E-state index is 12.1. The summed E-state index contributed by atoms with van der Waals surface area (Å²) in [6.07, 6.45) is -0.0619. The smallest absolute Gasteiger partial charge is 0.257 e. The molecule has 2 amide bonds. The molecule has 0 aliphatic carbocycles. The Morgan fingerprint density at radius 3 is 2.54 bits per heavy atom. The van der Waals surface area contributed by atoms with Crippen molar-refractivity contribution in [1.82, 2.24) is 4.98 Å². The van der Waals surface area contributed by atoms with E-state index < -0.39 is 11.2 Å². The molecule has 0 fully saturated rings. The number of benzene rings is 2. The number of carbonyl (C=O) groups excluding carboxylic acids is 2. The number of aromatic nitrogens is 1. The van der Waals surface area contributed by atoms with Gasteiger partial charge in [-0.1, -0.05) is 42.1 Å². The summed E-state index contributed by atoms with van der Waals surface area (Å²) in [5, 5.41) is 2.28. The van der Waals surface area contributed by atoms with Crippen LogP contribution in [-0.4, -0.2) is 22.0 Å². The molecular formula is C17H15N3O3S. The molecule has 3 N–H and O–H groups in total. The summed E-state index contributed by atoms with van der Waals surface area (Å²) >= 11 is 1.05. The van der Waals surface area contributed by atoms with Crippen LogP contribution in [0.5, 0.6) is 0 Å². The molecule has 0 aliphatic heterocycles. The van der Waals surface area contributed by atoms with Gasteiger partial charge in [0.2, 0.25) is 11.8 Å². The van der Waals surface area contributed by atoms with Gasteiger partial charge in [-0.15, -0.1) is 0 Å². The molecule has 122 valence electrons. The number of primary amides is 1. The zero-order chi connectivity index (χ0) is 16.9. The summed E-state index contributed by atoms with van der Waals surface area (Å²) in [6.45, 7) is 0. The predicted octanol–water partition coefficient (Wildman–Crippen LogP) is 2.80. The third kappa shape index (κ3) is 3.94. The number of hydrogen-bond donors (Lipinski definition) is 2. The molecule has 0 spiro atoms. The van der Waals surface area contributed by atoms with Crippen LogP contribution in [0.4, 0.5) is 5.69 Å². The molecule has 0 bridgehead atoms. The first-order valence-electron chi connectivity index (χ1n) is 7.28. The number of fused-ring (bicyclic) bond motifs is 1. The topological polar surface area (TPSA) is 98.2 Å². The van der Waals surface area contributed by atoms with E-state index in [0.717, 1.165) is 11.8 Å². The Hall–Kier alpha value is -2.80. The fourth-order valence-electron chi connectivity index (χ4n) is 2.13. The highest BCUT2D eigenvalue weighted by atomic mass is 32.2. The largest absolute Gasteiger partial charge is 0.431 e. The highest BCUT2D eigenvalue weighted by Crippen LogP contribution is 2.28. The van der Waals surface area contributed by atoms with Gasteiger partial charge < -0.3 is 15.5 Å². The van der Waals surface area contributed by atoms with Gasteiger partial charge >= 0.3 is 0 Å². The fourth-order valence-corrected chi connectivity index (χ4v) is 3.01. The van der Waals surface area contributed by atoms with E-state index in [1.165, 1.54) is 0 Å². The Labute approximate surface area is 142 Å². The first-order chi connectivity index (χ1) is 11.6. The van der Waals surface area contributed by atoms with Crippen molar-refractivity contribution >= 4 is 40.4 Å². The first kappa shape index (κ1) is 16.1. The second-order valence-corrected chi connectivity index (χ2v) is 6.23. The minimum atomic E-state index is -0.762. The second kappa shape index (κ2) is 7.18. The summed E-state index contributed by atoms with van der Waals surface area (Å²) in [5.74, 6) is -0.890. The molecule has 1 aromatic heterocycles. The number of para-hydroxylation sites is 3. The van der Waals surface area contributed by atoms with Crippen LogP contribution in [0.2, 0.25) is 0 Å². The van der Waals surface area contributed by atoms with Crippen molar-refractivity contribution in [3.8, 4) is 0 Å². The van der Waals surface area contributed by atoms with Crippen molar-refractivity contribution in [2.24, 2.45) is 5.73 Å². The number of thioether (sulfide) groups is 1. The highest BCUT2D eigenvalue weighted by Gasteiger charge is 2.23. The molecule has 3 rings (SSSR count). The van der Waals surface area contributed by atoms with E-state index in [-0.39, 0.29) is 12.3 Å². The van der Waals surface area contributed by atoms with Crippen LogP contribution in [0.1, 0.15) is 6.42 Å². The number of nitrogens with one attached hydrogen (secondary N) is 1. The summed E-state index contributed by atoms with van der Waals surface area (Å²) in [4.78, 5) is 28.0. The Morgan fingerprint density at radius 2 is 1.83 bits per heavy atom. The van der Waals surface area contributed by atoms with Crippen LogP contribution in [0.25, 0.3) is 11.1 Å². The Bertz CT molecular complexity index is 831. The van der Waals surface area contributed by atoms with E-state index in [1.807, 2.05) is 36.4 Å². The Morgan fingerprint density at radius 1 is 1.12 bits per heavy atom.